The Labute approximate surface area is 95.1 Å². The van der Waals surface area contributed by atoms with Crippen LogP contribution in [0.2, 0.25) is 0 Å². The molecule has 0 heterocycles. The van der Waals surface area contributed by atoms with Gasteiger partial charge in [-0.3, -0.25) is 4.79 Å². The van der Waals surface area contributed by atoms with E-state index in [-0.39, 0.29) is 12.4 Å². The number of methoxy groups -OCH3 is 1. The monoisotopic (exact) mass is 218 g/mol. The summed E-state index contributed by atoms with van der Waals surface area (Å²) in [5.41, 5.74) is 0.847. The molecule has 1 aromatic rings. The molecule has 0 spiro atoms. The summed E-state index contributed by atoms with van der Waals surface area (Å²) >= 11 is 0. The predicted octanol–water partition coefficient (Wildman–Crippen LogP) is 1.35. The number of benzene rings is 1. The summed E-state index contributed by atoms with van der Waals surface area (Å²) < 4.78 is 4.47. The second kappa shape index (κ2) is 6.65. The van der Waals surface area contributed by atoms with Crippen molar-refractivity contribution < 1.29 is 14.6 Å². The smallest absolute Gasteiger partial charge is 0.305 e. The van der Waals surface area contributed by atoms with Crippen LogP contribution in [0.25, 0.3) is 0 Å². The first kappa shape index (κ1) is 12.3. The molecule has 16 heavy (non-hydrogen) atoms. The molecule has 1 aromatic carbocycles. The average molecular weight is 218 g/mol. The van der Waals surface area contributed by atoms with Crippen LogP contribution in [-0.2, 0) is 9.53 Å². The fourth-order valence-corrected chi connectivity index (χ4v) is 1.12. The van der Waals surface area contributed by atoms with E-state index in [0.29, 0.717) is 6.42 Å². The lowest BCUT2D eigenvalue weighted by atomic mass is 10.1. The van der Waals surface area contributed by atoms with Crippen LogP contribution in [0.3, 0.4) is 0 Å². The molecule has 1 rings (SSSR count). The number of aliphatic hydroxyl groups is 1. The molecule has 84 valence electrons. The standard InChI is InChI=1S/C13H14O3/c1-16-13(15)10-9-12(14)8-7-11-5-3-2-4-6-11/h2-6,12,14H,9-10H2,1H3/t12-/m1/s1. The lowest BCUT2D eigenvalue weighted by Gasteiger charge is -2.01. The largest absolute Gasteiger partial charge is 0.469 e. The Bertz CT molecular complexity index is 387. The molecule has 1 atom stereocenters. The molecular weight excluding hydrogens is 204 g/mol. The van der Waals surface area contributed by atoms with Crippen molar-refractivity contribution in [2.75, 3.05) is 7.11 Å². The molecule has 0 saturated heterocycles. The number of carbonyl (C=O) groups excluding carboxylic acids is 1. The third-order valence-corrected chi connectivity index (χ3v) is 2.01. The van der Waals surface area contributed by atoms with Gasteiger partial charge in [0.15, 0.2) is 0 Å². The van der Waals surface area contributed by atoms with Crippen LogP contribution in [-0.4, -0.2) is 24.3 Å². The summed E-state index contributed by atoms with van der Waals surface area (Å²) in [4.78, 5) is 10.8. The van der Waals surface area contributed by atoms with Crippen LogP contribution in [0.1, 0.15) is 18.4 Å². The molecule has 0 bridgehead atoms. The highest BCUT2D eigenvalue weighted by Crippen LogP contribution is 1.99. The first-order chi connectivity index (χ1) is 7.72. The maximum atomic E-state index is 10.8. The molecule has 1 N–H and O–H groups in total. The van der Waals surface area contributed by atoms with Gasteiger partial charge < -0.3 is 9.84 Å². The highest BCUT2D eigenvalue weighted by atomic mass is 16.5. The Hall–Kier alpha value is -1.79. The van der Waals surface area contributed by atoms with Crippen molar-refractivity contribution in [2.45, 2.75) is 18.9 Å². The zero-order chi connectivity index (χ0) is 11.8. The Morgan fingerprint density at radius 1 is 1.44 bits per heavy atom. The van der Waals surface area contributed by atoms with E-state index >= 15 is 0 Å². The number of ether oxygens (including phenoxy) is 1. The predicted molar refractivity (Wildman–Crippen MR) is 60.6 cm³/mol. The molecule has 0 aliphatic carbocycles. The van der Waals surface area contributed by atoms with Crippen LogP contribution in [0.15, 0.2) is 30.3 Å². The van der Waals surface area contributed by atoms with Crippen molar-refractivity contribution in [3.63, 3.8) is 0 Å². The Kier molecular flexibility index (Phi) is 5.10. The van der Waals surface area contributed by atoms with Gasteiger partial charge in [0.1, 0.15) is 6.10 Å². The van der Waals surface area contributed by atoms with Crippen molar-refractivity contribution in [1.29, 1.82) is 0 Å². The maximum Gasteiger partial charge on any atom is 0.305 e. The van der Waals surface area contributed by atoms with Crippen LogP contribution in [0, 0.1) is 11.8 Å². The highest BCUT2D eigenvalue weighted by Gasteiger charge is 2.04. The summed E-state index contributed by atoms with van der Waals surface area (Å²) in [7, 11) is 1.32. The lowest BCUT2D eigenvalue weighted by molar-refractivity contribution is -0.141. The van der Waals surface area contributed by atoms with Crippen LogP contribution in [0.5, 0.6) is 0 Å². The van der Waals surface area contributed by atoms with Gasteiger partial charge in [0.25, 0.3) is 0 Å². The Morgan fingerprint density at radius 3 is 2.75 bits per heavy atom. The molecule has 0 aliphatic heterocycles. The second-order valence-corrected chi connectivity index (χ2v) is 3.27. The summed E-state index contributed by atoms with van der Waals surface area (Å²) in [6.07, 6.45) is -0.313. The topological polar surface area (TPSA) is 46.5 Å². The average Bonchev–Trinajstić information content (AvgIpc) is 2.34. The van der Waals surface area contributed by atoms with Gasteiger partial charge in [0, 0.05) is 12.0 Å². The van der Waals surface area contributed by atoms with E-state index in [9.17, 15) is 9.90 Å². The van der Waals surface area contributed by atoms with E-state index in [4.69, 9.17) is 0 Å². The molecule has 0 aliphatic rings. The molecule has 3 heteroatoms. The summed E-state index contributed by atoms with van der Waals surface area (Å²) in [6, 6.07) is 9.38. The molecular formula is C13H14O3. The molecule has 3 nitrogen and oxygen atoms in total. The fraction of sp³-hybridized carbons (Fsp3) is 0.308. The number of esters is 1. The Morgan fingerprint density at radius 2 is 2.12 bits per heavy atom. The van der Waals surface area contributed by atoms with E-state index in [2.05, 4.69) is 16.6 Å². The van der Waals surface area contributed by atoms with Crippen molar-refractivity contribution >= 4 is 5.97 Å². The van der Waals surface area contributed by atoms with E-state index in [1.54, 1.807) is 0 Å². The van der Waals surface area contributed by atoms with Crippen molar-refractivity contribution in [1.82, 2.24) is 0 Å². The SMILES string of the molecule is COC(=O)CC[C@H](O)C#Cc1ccccc1. The molecule has 0 unspecified atom stereocenters. The minimum atomic E-state index is -0.792. The van der Waals surface area contributed by atoms with E-state index in [0.717, 1.165) is 5.56 Å². The minimum Gasteiger partial charge on any atom is -0.469 e. The van der Waals surface area contributed by atoms with E-state index in [1.165, 1.54) is 7.11 Å². The summed E-state index contributed by atoms with van der Waals surface area (Å²) in [5.74, 6) is 5.18. The van der Waals surface area contributed by atoms with Gasteiger partial charge in [-0.15, -0.1) is 0 Å². The molecule has 0 amide bonds. The van der Waals surface area contributed by atoms with Crippen molar-refractivity contribution in [2.24, 2.45) is 0 Å². The number of hydrogen-bond donors (Lipinski definition) is 1. The number of carbonyl (C=O) groups is 1. The molecule has 0 aromatic heterocycles. The van der Waals surface area contributed by atoms with Crippen LogP contribution >= 0.6 is 0 Å². The second-order valence-electron chi connectivity index (χ2n) is 3.27. The molecule has 0 radical (unpaired) electrons. The van der Waals surface area contributed by atoms with Crippen LogP contribution < -0.4 is 0 Å². The van der Waals surface area contributed by atoms with Gasteiger partial charge in [-0.05, 0) is 18.6 Å². The third kappa shape index (κ3) is 4.63. The van der Waals surface area contributed by atoms with Gasteiger partial charge in [-0.25, -0.2) is 0 Å². The fourth-order valence-electron chi connectivity index (χ4n) is 1.12. The van der Waals surface area contributed by atoms with E-state index in [1.807, 2.05) is 30.3 Å². The van der Waals surface area contributed by atoms with Gasteiger partial charge >= 0.3 is 5.97 Å². The molecule has 0 saturated carbocycles. The quantitative estimate of drug-likeness (QED) is 0.615. The Balaban J connectivity index is 2.43. The maximum absolute atomic E-state index is 10.8. The third-order valence-electron chi connectivity index (χ3n) is 2.01. The zero-order valence-corrected chi connectivity index (χ0v) is 9.14. The van der Waals surface area contributed by atoms with Gasteiger partial charge in [0.2, 0.25) is 0 Å². The van der Waals surface area contributed by atoms with Crippen molar-refractivity contribution in [3.8, 4) is 11.8 Å². The number of rotatable bonds is 3. The first-order valence-electron chi connectivity index (χ1n) is 5.04. The highest BCUT2D eigenvalue weighted by molar-refractivity contribution is 5.69. The minimum absolute atomic E-state index is 0.182. The number of hydrogen-bond acceptors (Lipinski definition) is 3. The zero-order valence-electron chi connectivity index (χ0n) is 9.14. The number of aliphatic hydroxyl groups excluding tert-OH is 1. The first-order valence-corrected chi connectivity index (χ1v) is 5.04. The van der Waals surface area contributed by atoms with Gasteiger partial charge in [-0.1, -0.05) is 30.0 Å². The summed E-state index contributed by atoms with van der Waals surface area (Å²) in [6.45, 7) is 0. The van der Waals surface area contributed by atoms with Crippen molar-refractivity contribution in [3.05, 3.63) is 35.9 Å². The molecule has 0 fully saturated rings. The lowest BCUT2D eigenvalue weighted by Crippen LogP contribution is -2.08. The summed E-state index contributed by atoms with van der Waals surface area (Å²) in [5, 5.41) is 9.47. The van der Waals surface area contributed by atoms with E-state index < -0.39 is 6.10 Å². The van der Waals surface area contributed by atoms with Gasteiger partial charge in [0.05, 0.1) is 7.11 Å². The van der Waals surface area contributed by atoms with Crippen LogP contribution in [0.4, 0.5) is 0 Å². The normalized spacial score (nSPS) is 11.1. The van der Waals surface area contributed by atoms with Gasteiger partial charge in [-0.2, -0.15) is 0 Å².